The molecule has 2 rings (SSSR count). The third-order valence-electron chi connectivity index (χ3n) is 2.15. The minimum absolute atomic E-state index is 0.109. The molecule has 0 radical (unpaired) electrons. The fraction of sp³-hybridized carbons (Fsp3) is 0.0833. The zero-order valence-corrected chi connectivity index (χ0v) is 9.83. The van der Waals surface area contributed by atoms with E-state index in [-0.39, 0.29) is 18.0 Å². The van der Waals surface area contributed by atoms with Crippen molar-refractivity contribution in [2.45, 2.75) is 6.42 Å². The molecule has 0 N–H and O–H groups in total. The molecule has 0 unspecified atom stereocenters. The van der Waals surface area contributed by atoms with Gasteiger partial charge in [-0.05, 0) is 46.3 Å². The van der Waals surface area contributed by atoms with E-state index in [4.69, 9.17) is 4.42 Å². The molecule has 0 bridgehead atoms. The van der Waals surface area contributed by atoms with Gasteiger partial charge in [-0.2, -0.15) is 0 Å². The molecule has 1 aromatic heterocycles. The maximum absolute atomic E-state index is 12.8. The minimum Gasteiger partial charge on any atom is -0.469 e. The summed E-state index contributed by atoms with van der Waals surface area (Å²) in [5.41, 5.74) is 0.456. The molecule has 1 aromatic carbocycles. The number of carbonyl (C=O) groups is 1. The molecule has 0 aliphatic heterocycles. The van der Waals surface area contributed by atoms with Crippen LogP contribution in [0.15, 0.2) is 45.5 Å². The lowest BCUT2D eigenvalue weighted by molar-refractivity contribution is 0.0986. The van der Waals surface area contributed by atoms with Crippen LogP contribution in [0.2, 0.25) is 0 Å². The summed E-state index contributed by atoms with van der Waals surface area (Å²) in [5, 5.41) is 0. The number of hydrogen-bond acceptors (Lipinski definition) is 2. The Hall–Kier alpha value is -1.42. The van der Waals surface area contributed by atoms with E-state index in [1.165, 1.54) is 24.5 Å². The number of halogens is 2. The number of Topliss-reactive ketones (excluding diaryl/α,β-unsaturated/α-hetero) is 1. The third kappa shape index (κ3) is 2.39. The molecule has 2 aromatic rings. The molecule has 0 saturated heterocycles. The molecule has 2 nitrogen and oxygen atoms in total. The quantitative estimate of drug-likeness (QED) is 0.805. The summed E-state index contributed by atoms with van der Waals surface area (Å²) in [7, 11) is 0. The van der Waals surface area contributed by atoms with Crippen LogP contribution >= 0.6 is 15.9 Å². The zero-order valence-electron chi connectivity index (χ0n) is 8.24. The van der Waals surface area contributed by atoms with Gasteiger partial charge in [0, 0.05) is 10.0 Å². The average Bonchev–Trinajstić information content (AvgIpc) is 2.70. The Labute approximate surface area is 100 Å². The molecule has 82 valence electrons. The van der Waals surface area contributed by atoms with Crippen molar-refractivity contribution in [3.63, 3.8) is 0 Å². The standard InChI is InChI=1S/C12H8BrFO2/c13-11-6-8(14)3-4-10(11)12(15)7-9-2-1-5-16-9/h1-6H,7H2. The number of benzene rings is 1. The van der Waals surface area contributed by atoms with Gasteiger partial charge in [-0.25, -0.2) is 4.39 Å². The summed E-state index contributed by atoms with van der Waals surface area (Å²) in [6.45, 7) is 0. The SMILES string of the molecule is O=C(Cc1ccco1)c1ccc(F)cc1Br. The van der Waals surface area contributed by atoms with Gasteiger partial charge in [-0.1, -0.05) is 0 Å². The molecule has 0 amide bonds. The molecule has 0 fully saturated rings. The maximum Gasteiger partial charge on any atom is 0.171 e. The van der Waals surface area contributed by atoms with Crippen LogP contribution in [0.25, 0.3) is 0 Å². The third-order valence-corrected chi connectivity index (χ3v) is 2.80. The van der Waals surface area contributed by atoms with Crippen molar-refractivity contribution in [1.82, 2.24) is 0 Å². The van der Waals surface area contributed by atoms with E-state index in [9.17, 15) is 9.18 Å². The molecule has 0 aliphatic rings. The Morgan fingerprint density at radius 1 is 1.38 bits per heavy atom. The van der Waals surface area contributed by atoms with E-state index in [1.54, 1.807) is 12.1 Å². The molecular formula is C12H8BrFO2. The summed E-state index contributed by atoms with van der Waals surface area (Å²) in [6, 6.07) is 7.46. The molecule has 0 spiro atoms. The van der Waals surface area contributed by atoms with E-state index in [1.807, 2.05) is 0 Å². The molecule has 0 atom stereocenters. The first-order valence-corrected chi connectivity index (χ1v) is 5.47. The lowest BCUT2D eigenvalue weighted by atomic mass is 10.1. The van der Waals surface area contributed by atoms with Gasteiger partial charge in [0.1, 0.15) is 11.6 Å². The minimum atomic E-state index is -0.374. The highest BCUT2D eigenvalue weighted by atomic mass is 79.9. The molecular weight excluding hydrogens is 275 g/mol. The molecule has 1 heterocycles. The van der Waals surface area contributed by atoms with Crippen LogP contribution in [0.4, 0.5) is 4.39 Å². The zero-order chi connectivity index (χ0) is 11.5. The van der Waals surface area contributed by atoms with Crippen LogP contribution in [0, 0.1) is 5.82 Å². The number of furan rings is 1. The van der Waals surface area contributed by atoms with Crippen molar-refractivity contribution >= 4 is 21.7 Å². The van der Waals surface area contributed by atoms with Crippen LogP contribution in [0.1, 0.15) is 16.1 Å². The smallest absolute Gasteiger partial charge is 0.171 e. The van der Waals surface area contributed by atoms with E-state index < -0.39 is 0 Å². The van der Waals surface area contributed by atoms with Crippen LogP contribution < -0.4 is 0 Å². The van der Waals surface area contributed by atoms with Crippen LogP contribution in [-0.2, 0) is 6.42 Å². The fourth-order valence-corrected chi connectivity index (χ4v) is 1.95. The van der Waals surface area contributed by atoms with Crippen LogP contribution in [0.3, 0.4) is 0 Å². The van der Waals surface area contributed by atoms with Gasteiger partial charge in [0.15, 0.2) is 5.78 Å². The Morgan fingerprint density at radius 2 is 2.19 bits per heavy atom. The van der Waals surface area contributed by atoms with Crippen molar-refractivity contribution in [3.05, 3.63) is 58.2 Å². The topological polar surface area (TPSA) is 30.2 Å². The summed E-state index contributed by atoms with van der Waals surface area (Å²) in [4.78, 5) is 11.8. The van der Waals surface area contributed by atoms with E-state index in [0.717, 1.165) is 0 Å². The monoisotopic (exact) mass is 282 g/mol. The van der Waals surface area contributed by atoms with Crippen LogP contribution in [-0.4, -0.2) is 5.78 Å². The van der Waals surface area contributed by atoms with Crippen molar-refractivity contribution in [2.75, 3.05) is 0 Å². The first-order valence-electron chi connectivity index (χ1n) is 4.67. The van der Waals surface area contributed by atoms with Gasteiger partial charge in [-0.15, -0.1) is 0 Å². The predicted molar refractivity (Wildman–Crippen MR) is 60.8 cm³/mol. The second kappa shape index (κ2) is 4.61. The van der Waals surface area contributed by atoms with E-state index >= 15 is 0 Å². The van der Waals surface area contributed by atoms with Gasteiger partial charge >= 0.3 is 0 Å². The highest BCUT2D eigenvalue weighted by Gasteiger charge is 2.12. The van der Waals surface area contributed by atoms with Crippen molar-refractivity contribution in [2.24, 2.45) is 0 Å². The first kappa shape index (κ1) is 11.1. The lowest BCUT2D eigenvalue weighted by Gasteiger charge is -2.02. The molecule has 16 heavy (non-hydrogen) atoms. The van der Waals surface area contributed by atoms with Crippen molar-refractivity contribution in [3.8, 4) is 0 Å². The number of ketones is 1. The van der Waals surface area contributed by atoms with Gasteiger partial charge in [0.05, 0.1) is 12.7 Å². The van der Waals surface area contributed by atoms with E-state index in [0.29, 0.717) is 15.8 Å². The van der Waals surface area contributed by atoms with Crippen LogP contribution in [0.5, 0.6) is 0 Å². The summed E-state index contributed by atoms with van der Waals surface area (Å²) in [6.07, 6.45) is 1.69. The lowest BCUT2D eigenvalue weighted by Crippen LogP contribution is -2.03. The van der Waals surface area contributed by atoms with Crippen molar-refractivity contribution < 1.29 is 13.6 Å². The molecule has 0 saturated carbocycles. The summed E-state index contributed by atoms with van der Waals surface area (Å²) in [5.74, 6) is 0.115. The number of rotatable bonds is 3. The highest BCUT2D eigenvalue weighted by Crippen LogP contribution is 2.20. The van der Waals surface area contributed by atoms with Gasteiger partial charge < -0.3 is 4.42 Å². The second-order valence-corrected chi connectivity index (χ2v) is 4.16. The normalized spacial score (nSPS) is 10.4. The Balaban J connectivity index is 2.21. The second-order valence-electron chi connectivity index (χ2n) is 3.30. The van der Waals surface area contributed by atoms with Gasteiger partial charge in [-0.3, -0.25) is 4.79 Å². The summed E-state index contributed by atoms with van der Waals surface area (Å²) >= 11 is 3.16. The highest BCUT2D eigenvalue weighted by molar-refractivity contribution is 9.10. The van der Waals surface area contributed by atoms with E-state index in [2.05, 4.69) is 15.9 Å². The average molecular weight is 283 g/mol. The predicted octanol–water partition coefficient (Wildman–Crippen LogP) is 3.61. The first-order chi connectivity index (χ1) is 7.66. The largest absolute Gasteiger partial charge is 0.469 e. The Morgan fingerprint density at radius 3 is 2.81 bits per heavy atom. The molecule has 4 heteroatoms. The van der Waals surface area contributed by atoms with Crippen molar-refractivity contribution in [1.29, 1.82) is 0 Å². The Bertz CT molecular complexity index is 506. The molecule has 0 aliphatic carbocycles. The summed E-state index contributed by atoms with van der Waals surface area (Å²) < 4.78 is 18.4. The maximum atomic E-state index is 12.8. The van der Waals surface area contributed by atoms with Gasteiger partial charge in [0.25, 0.3) is 0 Å². The van der Waals surface area contributed by atoms with Gasteiger partial charge in [0.2, 0.25) is 0 Å². The number of carbonyl (C=O) groups excluding carboxylic acids is 1. The fourth-order valence-electron chi connectivity index (χ4n) is 1.38. The number of hydrogen-bond donors (Lipinski definition) is 0. The Kier molecular flexibility index (Phi) is 3.19.